The van der Waals surface area contributed by atoms with E-state index < -0.39 is 0 Å². The summed E-state index contributed by atoms with van der Waals surface area (Å²) in [6.45, 7) is 3.63. The van der Waals surface area contributed by atoms with Gasteiger partial charge < -0.3 is 10.5 Å². The Hall–Kier alpha value is -0.730. The van der Waals surface area contributed by atoms with Crippen LogP contribution in [0.1, 0.15) is 51.0 Å². The highest BCUT2D eigenvalue weighted by molar-refractivity contribution is 6.30. The number of nitrogens with two attached hydrogens (primary N) is 1. The van der Waals surface area contributed by atoms with Gasteiger partial charge in [-0.1, -0.05) is 56.7 Å². The number of ether oxygens (including phenoxy) is 1. The van der Waals surface area contributed by atoms with E-state index in [0.717, 1.165) is 18.6 Å². The minimum absolute atomic E-state index is 0.581. The number of anilines is 1. The Morgan fingerprint density at radius 3 is 2.56 bits per heavy atom. The normalized spacial score (nSPS) is 10.8. The van der Waals surface area contributed by atoms with E-state index in [0.29, 0.717) is 17.3 Å². The Bertz CT molecular complexity index is 341. The van der Waals surface area contributed by atoms with Gasteiger partial charge in [0.25, 0.3) is 0 Å². The first-order valence-electron chi connectivity index (χ1n) is 6.85. The zero-order valence-electron chi connectivity index (χ0n) is 11.3. The molecule has 1 rings (SSSR count). The Morgan fingerprint density at radius 1 is 1.11 bits per heavy atom. The van der Waals surface area contributed by atoms with Gasteiger partial charge in [0, 0.05) is 22.9 Å². The topological polar surface area (TPSA) is 35.2 Å². The van der Waals surface area contributed by atoms with Crippen molar-refractivity contribution in [1.82, 2.24) is 0 Å². The predicted molar refractivity (Wildman–Crippen MR) is 78.9 cm³/mol. The fraction of sp³-hybridized carbons (Fsp3) is 0.600. The molecule has 0 atom stereocenters. The summed E-state index contributed by atoms with van der Waals surface area (Å²) in [7, 11) is 0. The SMILES string of the molecule is CCCCCCCCOCc1ccc(Cl)cc1N. The summed E-state index contributed by atoms with van der Waals surface area (Å²) in [5.74, 6) is 0. The molecule has 0 amide bonds. The van der Waals surface area contributed by atoms with Gasteiger partial charge >= 0.3 is 0 Å². The zero-order valence-corrected chi connectivity index (χ0v) is 12.0. The Balaban J connectivity index is 2.07. The Kier molecular flexibility index (Phi) is 7.86. The molecule has 0 aliphatic rings. The molecule has 0 unspecified atom stereocenters. The lowest BCUT2D eigenvalue weighted by Crippen LogP contribution is -1.99. The molecule has 0 spiro atoms. The molecule has 1 aromatic carbocycles. The first-order chi connectivity index (χ1) is 8.74. The van der Waals surface area contributed by atoms with E-state index in [-0.39, 0.29) is 0 Å². The average molecular weight is 270 g/mol. The van der Waals surface area contributed by atoms with Crippen molar-refractivity contribution in [1.29, 1.82) is 0 Å². The molecule has 2 nitrogen and oxygen atoms in total. The molecule has 0 fully saturated rings. The lowest BCUT2D eigenvalue weighted by atomic mass is 10.1. The Labute approximate surface area is 115 Å². The average Bonchev–Trinajstić information content (AvgIpc) is 2.35. The van der Waals surface area contributed by atoms with E-state index in [1.54, 1.807) is 6.07 Å². The lowest BCUT2D eigenvalue weighted by Gasteiger charge is -2.07. The number of unbranched alkanes of at least 4 members (excludes halogenated alkanes) is 5. The van der Waals surface area contributed by atoms with Gasteiger partial charge in [-0.3, -0.25) is 0 Å². The van der Waals surface area contributed by atoms with Crippen molar-refractivity contribution in [2.24, 2.45) is 0 Å². The van der Waals surface area contributed by atoms with Crippen LogP contribution in [0.15, 0.2) is 18.2 Å². The van der Waals surface area contributed by atoms with Gasteiger partial charge in [-0.25, -0.2) is 0 Å². The molecule has 3 heteroatoms. The number of benzene rings is 1. The summed E-state index contributed by atoms with van der Waals surface area (Å²) in [5.41, 5.74) is 7.58. The number of rotatable bonds is 9. The van der Waals surface area contributed by atoms with E-state index in [4.69, 9.17) is 22.1 Å². The quantitative estimate of drug-likeness (QED) is 0.516. The van der Waals surface area contributed by atoms with Crippen molar-refractivity contribution >= 4 is 17.3 Å². The molecule has 18 heavy (non-hydrogen) atoms. The summed E-state index contributed by atoms with van der Waals surface area (Å²) in [4.78, 5) is 0. The fourth-order valence-electron chi connectivity index (χ4n) is 1.86. The molecule has 0 aliphatic heterocycles. The molecule has 0 bridgehead atoms. The van der Waals surface area contributed by atoms with Crippen molar-refractivity contribution in [2.75, 3.05) is 12.3 Å². The van der Waals surface area contributed by atoms with Gasteiger partial charge in [0.1, 0.15) is 0 Å². The van der Waals surface area contributed by atoms with E-state index >= 15 is 0 Å². The molecule has 0 saturated carbocycles. The van der Waals surface area contributed by atoms with Crippen LogP contribution in [0.5, 0.6) is 0 Å². The summed E-state index contributed by atoms with van der Waals surface area (Å²) < 4.78 is 5.62. The Morgan fingerprint density at radius 2 is 1.83 bits per heavy atom. The summed E-state index contributed by atoms with van der Waals surface area (Å²) in [6.07, 6.45) is 7.71. The first kappa shape index (κ1) is 15.3. The van der Waals surface area contributed by atoms with Crippen LogP contribution in [-0.2, 0) is 11.3 Å². The number of hydrogen-bond donors (Lipinski definition) is 1. The monoisotopic (exact) mass is 269 g/mol. The zero-order chi connectivity index (χ0) is 13.2. The molecule has 102 valence electrons. The third-order valence-electron chi connectivity index (χ3n) is 3.01. The molecule has 0 aliphatic carbocycles. The second-order valence-electron chi connectivity index (χ2n) is 4.66. The van der Waals surface area contributed by atoms with Crippen molar-refractivity contribution in [3.8, 4) is 0 Å². The highest BCUT2D eigenvalue weighted by atomic mass is 35.5. The van der Waals surface area contributed by atoms with E-state index in [1.807, 2.05) is 12.1 Å². The maximum absolute atomic E-state index is 5.85. The molecule has 0 aromatic heterocycles. The fourth-order valence-corrected chi connectivity index (χ4v) is 2.04. The van der Waals surface area contributed by atoms with Crippen LogP contribution < -0.4 is 5.73 Å². The third-order valence-corrected chi connectivity index (χ3v) is 3.24. The van der Waals surface area contributed by atoms with Gasteiger partial charge in [0.15, 0.2) is 0 Å². The van der Waals surface area contributed by atoms with Gasteiger partial charge in [0.2, 0.25) is 0 Å². The largest absolute Gasteiger partial charge is 0.398 e. The molecule has 1 aromatic rings. The van der Waals surface area contributed by atoms with Crippen LogP contribution in [0.3, 0.4) is 0 Å². The second kappa shape index (κ2) is 9.23. The van der Waals surface area contributed by atoms with Crippen LogP contribution in [0, 0.1) is 0 Å². The molecular weight excluding hydrogens is 246 g/mol. The molecule has 0 heterocycles. The van der Waals surface area contributed by atoms with Crippen LogP contribution in [-0.4, -0.2) is 6.61 Å². The highest BCUT2D eigenvalue weighted by Gasteiger charge is 2.00. The molecular formula is C15H24ClNO. The summed E-state index contributed by atoms with van der Waals surface area (Å²) in [5, 5.41) is 0.673. The smallest absolute Gasteiger partial charge is 0.0736 e. The van der Waals surface area contributed by atoms with Crippen LogP contribution in [0.25, 0.3) is 0 Å². The van der Waals surface area contributed by atoms with Crippen LogP contribution >= 0.6 is 11.6 Å². The highest BCUT2D eigenvalue weighted by Crippen LogP contribution is 2.18. The standard InChI is InChI=1S/C15H24ClNO/c1-2-3-4-5-6-7-10-18-12-13-8-9-14(16)11-15(13)17/h8-9,11H,2-7,10,12,17H2,1H3. The maximum Gasteiger partial charge on any atom is 0.0736 e. The second-order valence-corrected chi connectivity index (χ2v) is 5.10. The number of hydrogen-bond acceptors (Lipinski definition) is 2. The predicted octanol–water partition coefficient (Wildman–Crippen LogP) is 4.80. The van der Waals surface area contributed by atoms with E-state index in [9.17, 15) is 0 Å². The number of nitrogen functional groups attached to an aromatic ring is 1. The van der Waals surface area contributed by atoms with Gasteiger partial charge in [-0.05, 0) is 18.6 Å². The van der Waals surface area contributed by atoms with E-state index in [1.165, 1.54) is 32.1 Å². The maximum atomic E-state index is 5.85. The molecule has 0 radical (unpaired) electrons. The van der Waals surface area contributed by atoms with E-state index in [2.05, 4.69) is 6.92 Å². The third kappa shape index (κ3) is 6.27. The van der Waals surface area contributed by atoms with Gasteiger partial charge in [-0.2, -0.15) is 0 Å². The lowest BCUT2D eigenvalue weighted by molar-refractivity contribution is 0.117. The van der Waals surface area contributed by atoms with Crippen molar-refractivity contribution < 1.29 is 4.74 Å². The van der Waals surface area contributed by atoms with Crippen molar-refractivity contribution in [3.05, 3.63) is 28.8 Å². The van der Waals surface area contributed by atoms with Crippen molar-refractivity contribution in [2.45, 2.75) is 52.1 Å². The molecule has 0 saturated heterocycles. The van der Waals surface area contributed by atoms with Crippen molar-refractivity contribution in [3.63, 3.8) is 0 Å². The minimum Gasteiger partial charge on any atom is -0.398 e. The first-order valence-corrected chi connectivity index (χ1v) is 7.23. The summed E-state index contributed by atoms with van der Waals surface area (Å²) >= 11 is 5.84. The van der Waals surface area contributed by atoms with Crippen LogP contribution in [0.2, 0.25) is 5.02 Å². The number of halogens is 1. The van der Waals surface area contributed by atoms with Gasteiger partial charge in [0.05, 0.1) is 6.61 Å². The van der Waals surface area contributed by atoms with Crippen LogP contribution in [0.4, 0.5) is 5.69 Å². The summed E-state index contributed by atoms with van der Waals surface area (Å²) in [6, 6.07) is 5.55. The molecule has 2 N–H and O–H groups in total. The van der Waals surface area contributed by atoms with Gasteiger partial charge in [-0.15, -0.1) is 0 Å². The minimum atomic E-state index is 0.581.